The number of carbonyl (C=O) groups is 1. The molecule has 0 unspecified atom stereocenters. The van der Waals surface area contributed by atoms with Gasteiger partial charge in [0.25, 0.3) is 5.91 Å². The normalized spacial score (nSPS) is 11.8. The van der Waals surface area contributed by atoms with Crippen LogP contribution in [0, 0.1) is 0 Å². The lowest BCUT2D eigenvalue weighted by Gasteiger charge is -2.30. The van der Waals surface area contributed by atoms with Crippen LogP contribution in [0.4, 0.5) is 0 Å². The summed E-state index contributed by atoms with van der Waals surface area (Å²) >= 11 is 0. The summed E-state index contributed by atoms with van der Waals surface area (Å²) in [6.45, 7) is 8.14. The second-order valence-electron chi connectivity index (χ2n) is 6.56. The fourth-order valence-electron chi connectivity index (χ4n) is 3.37. The summed E-state index contributed by atoms with van der Waals surface area (Å²) in [6, 6.07) is 10.5. The van der Waals surface area contributed by atoms with Gasteiger partial charge in [-0.2, -0.15) is 0 Å². The Morgan fingerprint density at radius 1 is 1.04 bits per heavy atom. The van der Waals surface area contributed by atoms with Crippen LogP contribution in [-0.2, 0) is 7.05 Å². The van der Waals surface area contributed by atoms with Gasteiger partial charge in [-0.3, -0.25) is 4.79 Å². The molecule has 3 rings (SSSR count). The highest BCUT2D eigenvalue weighted by Crippen LogP contribution is 2.28. The highest BCUT2D eigenvalue weighted by Gasteiger charge is 2.23. The lowest BCUT2D eigenvalue weighted by Crippen LogP contribution is -2.42. The van der Waals surface area contributed by atoms with Crippen molar-refractivity contribution in [2.24, 2.45) is 7.05 Å². The van der Waals surface area contributed by atoms with E-state index in [9.17, 15) is 4.79 Å². The molecule has 0 N–H and O–H groups in total. The number of carbonyl (C=O) groups excluding carboxylic acids is 1. The molecule has 0 aliphatic heterocycles. The van der Waals surface area contributed by atoms with E-state index < -0.39 is 0 Å². The van der Waals surface area contributed by atoms with Gasteiger partial charge >= 0.3 is 0 Å². The number of fused-ring (bicyclic) bond motifs is 3. The molecule has 4 nitrogen and oxygen atoms in total. The first-order chi connectivity index (χ1) is 10.9. The number of benzene rings is 1. The molecule has 0 aliphatic carbocycles. The summed E-state index contributed by atoms with van der Waals surface area (Å²) in [5, 5.41) is 2.23. The first-order valence-electron chi connectivity index (χ1n) is 8.07. The molecule has 0 fully saturated rings. The number of amides is 1. The Kier molecular flexibility index (Phi) is 3.84. The fraction of sp³-hybridized carbons (Fsp3) is 0.368. The summed E-state index contributed by atoms with van der Waals surface area (Å²) in [5.41, 5.74) is 2.71. The van der Waals surface area contributed by atoms with Gasteiger partial charge in [-0.25, -0.2) is 4.98 Å². The van der Waals surface area contributed by atoms with Crippen molar-refractivity contribution in [1.29, 1.82) is 0 Å². The molecule has 1 amide bonds. The average molecular weight is 309 g/mol. The number of hydrogen-bond donors (Lipinski definition) is 0. The quantitative estimate of drug-likeness (QED) is 0.734. The highest BCUT2D eigenvalue weighted by molar-refractivity contribution is 6.09. The number of rotatable bonds is 3. The van der Waals surface area contributed by atoms with E-state index in [1.165, 1.54) is 0 Å². The van der Waals surface area contributed by atoms with E-state index >= 15 is 0 Å². The summed E-state index contributed by atoms with van der Waals surface area (Å²) in [4.78, 5) is 19.2. The lowest BCUT2D eigenvalue weighted by atomic mass is 10.1. The van der Waals surface area contributed by atoms with Crippen LogP contribution in [0.15, 0.2) is 36.5 Å². The van der Waals surface area contributed by atoms with Gasteiger partial charge in [0, 0.05) is 35.4 Å². The molecule has 0 spiro atoms. The van der Waals surface area contributed by atoms with E-state index in [0.29, 0.717) is 5.69 Å². The second-order valence-corrected chi connectivity index (χ2v) is 6.56. The second kappa shape index (κ2) is 5.69. The van der Waals surface area contributed by atoms with Gasteiger partial charge in [-0.15, -0.1) is 0 Å². The van der Waals surface area contributed by atoms with Gasteiger partial charge in [0.2, 0.25) is 0 Å². The summed E-state index contributed by atoms with van der Waals surface area (Å²) in [6.07, 6.45) is 1.81. The lowest BCUT2D eigenvalue weighted by molar-refractivity contribution is 0.0638. The number of nitrogens with zero attached hydrogens (tertiary/aromatic N) is 3. The molecule has 0 atom stereocenters. The topological polar surface area (TPSA) is 38.1 Å². The Labute approximate surface area is 136 Å². The van der Waals surface area contributed by atoms with Crippen molar-refractivity contribution in [3.8, 4) is 0 Å². The number of aryl methyl sites for hydroxylation is 1. The molecule has 0 bridgehead atoms. The molecular weight excluding hydrogens is 286 g/mol. The highest BCUT2D eigenvalue weighted by atomic mass is 16.2. The van der Waals surface area contributed by atoms with Crippen LogP contribution in [0.2, 0.25) is 0 Å². The molecule has 0 aliphatic rings. The van der Waals surface area contributed by atoms with E-state index in [-0.39, 0.29) is 18.0 Å². The van der Waals surface area contributed by atoms with Crippen molar-refractivity contribution >= 4 is 27.7 Å². The van der Waals surface area contributed by atoms with Gasteiger partial charge in [-0.1, -0.05) is 18.2 Å². The van der Waals surface area contributed by atoms with Crippen LogP contribution in [0.25, 0.3) is 21.8 Å². The van der Waals surface area contributed by atoms with E-state index in [0.717, 1.165) is 21.8 Å². The number of para-hydroxylation sites is 1. The summed E-state index contributed by atoms with van der Waals surface area (Å²) in [5.74, 6) is -0.00941. The zero-order chi connectivity index (χ0) is 16.7. The molecule has 4 heteroatoms. The average Bonchev–Trinajstić information content (AvgIpc) is 2.80. The molecule has 2 aromatic heterocycles. The predicted octanol–water partition coefficient (Wildman–Crippen LogP) is 3.99. The molecule has 0 radical (unpaired) electrons. The van der Waals surface area contributed by atoms with E-state index in [1.807, 2.05) is 57.8 Å². The number of pyridine rings is 1. The van der Waals surface area contributed by atoms with Gasteiger partial charge in [-0.05, 0) is 39.8 Å². The number of hydrogen-bond acceptors (Lipinski definition) is 2. The molecule has 23 heavy (non-hydrogen) atoms. The maximum atomic E-state index is 12.9. The Hall–Kier alpha value is -2.36. The SMILES string of the molecule is CC(C)N(C(=O)c1cc2c3ccccc3n(C)c2cn1)C(C)C. The third kappa shape index (κ3) is 2.48. The largest absolute Gasteiger partial charge is 0.342 e. The van der Waals surface area contributed by atoms with Gasteiger partial charge in [0.1, 0.15) is 5.69 Å². The molecule has 2 heterocycles. The van der Waals surface area contributed by atoms with Crippen molar-refractivity contribution in [1.82, 2.24) is 14.5 Å². The van der Waals surface area contributed by atoms with Crippen LogP contribution in [0.5, 0.6) is 0 Å². The monoisotopic (exact) mass is 309 g/mol. The first-order valence-corrected chi connectivity index (χ1v) is 8.07. The molecule has 3 aromatic rings. The Balaban J connectivity index is 2.17. The maximum absolute atomic E-state index is 12.9. The maximum Gasteiger partial charge on any atom is 0.272 e. The Morgan fingerprint density at radius 2 is 1.70 bits per heavy atom. The molecule has 0 saturated carbocycles. The molecule has 0 saturated heterocycles. The molecular formula is C19H23N3O. The summed E-state index contributed by atoms with van der Waals surface area (Å²) < 4.78 is 2.12. The van der Waals surface area contributed by atoms with Gasteiger partial charge in [0.05, 0.1) is 11.7 Å². The van der Waals surface area contributed by atoms with Crippen molar-refractivity contribution in [3.63, 3.8) is 0 Å². The third-order valence-electron chi connectivity index (χ3n) is 4.37. The van der Waals surface area contributed by atoms with E-state index in [2.05, 4.69) is 21.7 Å². The van der Waals surface area contributed by atoms with Crippen molar-refractivity contribution < 1.29 is 4.79 Å². The summed E-state index contributed by atoms with van der Waals surface area (Å²) in [7, 11) is 2.03. The van der Waals surface area contributed by atoms with Crippen LogP contribution in [0.3, 0.4) is 0 Å². The van der Waals surface area contributed by atoms with E-state index in [1.54, 1.807) is 6.20 Å². The van der Waals surface area contributed by atoms with Gasteiger partial charge < -0.3 is 9.47 Å². The van der Waals surface area contributed by atoms with Crippen LogP contribution < -0.4 is 0 Å². The minimum absolute atomic E-state index is 0.00941. The third-order valence-corrected chi connectivity index (χ3v) is 4.37. The Bertz CT molecular complexity index is 869. The molecule has 120 valence electrons. The minimum Gasteiger partial charge on any atom is -0.342 e. The van der Waals surface area contributed by atoms with Crippen LogP contribution >= 0.6 is 0 Å². The van der Waals surface area contributed by atoms with E-state index in [4.69, 9.17) is 0 Å². The zero-order valence-electron chi connectivity index (χ0n) is 14.4. The van der Waals surface area contributed by atoms with Crippen molar-refractivity contribution in [2.75, 3.05) is 0 Å². The number of aromatic nitrogens is 2. The van der Waals surface area contributed by atoms with Gasteiger partial charge in [0.15, 0.2) is 0 Å². The first kappa shape index (κ1) is 15.5. The van der Waals surface area contributed by atoms with Crippen LogP contribution in [-0.4, -0.2) is 32.4 Å². The predicted molar refractivity (Wildman–Crippen MR) is 94.7 cm³/mol. The van der Waals surface area contributed by atoms with Crippen molar-refractivity contribution in [2.45, 2.75) is 39.8 Å². The zero-order valence-corrected chi connectivity index (χ0v) is 14.4. The Morgan fingerprint density at radius 3 is 2.35 bits per heavy atom. The standard InChI is InChI=1S/C19H23N3O/c1-12(2)22(13(3)4)19(23)16-10-15-14-8-6-7-9-17(14)21(5)18(15)11-20-16/h6-13H,1-5H3. The van der Waals surface area contributed by atoms with Crippen molar-refractivity contribution in [3.05, 3.63) is 42.2 Å². The van der Waals surface area contributed by atoms with Crippen LogP contribution in [0.1, 0.15) is 38.2 Å². The smallest absolute Gasteiger partial charge is 0.272 e. The fourth-order valence-corrected chi connectivity index (χ4v) is 3.37. The molecule has 1 aromatic carbocycles. The minimum atomic E-state index is -0.00941.